The lowest BCUT2D eigenvalue weighted by atomic mass is 10.2. The van der Waals surface area contributed by atoms with Crippen molar-refractivity contribution in [2.24, 2.45) is 0 Å². The molecule has 2 heterocycles. The van der Waals surface area contributed by atoms with Gasteiger partial charge in [-0.1, -0.05) is 0 Å². The average molecular weight is 232 g/mol. The summed E-state index contributed by atoms with van der Waals surface area (Å²) in [5.41, 5.74) is 3.00. The van der Waals surface area contributed by atoms with Crippen LogP contribution in [0.2, 0.25) is 0 Å². The lowest BCUT2D eigenvalue weighted by Gasteiger charge is -2.02. The minimum Gasteiger partial charge on any atom is -0.478 e. The summed E-state index contributed by atoms with van der Waals surface area (Å²) in [6, 6.07) is 0. The van der Waals surface area contributed by atoms with Crippen LogP contribution in [0.15, 0.2) is 12.4 Å². The van der Waals surface area contributed by atoms with Gasteiger partial charge in [-0.15, -0.1) is 0 Å². The third-order valence-electron chi connectivity index (χ3n) is 2.73. The van der Waals surface area contributed by atoms with E-state index in [4.69, 9.17) is 5.11 Å². The van der Waals surface area contributed by atoms with Crippen molar-refractivity contribution >= 4 is 5.97 Å². The van der Waals surface area contributed by atoms with Crippen LogP contribution in [0, 0.1) is 20.8 Å². The van der Waals surface area contributed by atoms with E-state index in [1.807, 2.05) is 20.8 Å². The molecule has 0 spiro atoms. The van der Waals surface area contributed by atoms with E-state index < -0.39 is 5.97 Å². The number of aromatic nitrogens is 4. The van der Waals surface area contributed by atoms with Crippen LogP contribution in [0.1, 0.15) is 27.3 Å². The van der Waals surface area contributed by atoms with Gasteiger partial charge in [0.15, 0.2) is 0 Å². The predicted molar refractivity (Wildman–Crippen MR) is 60.3 cm³/mol. The van der Waals surface area contributed by atoms with E-state index in [0.29, 0.717) is 5.95 Å². The molecule has 0 bridgehead atoms. The molecule has 6 heteroatoms. The lowest BCUT2D eigenvalue weighted by molar-refractivity contribution is 0.0696. The van der Waals surface area contributed by atoms with Crippen molar-refractivity contribution in [1.82, 2.24) is 19.7 Å². The molecule has 2 aromatic heterocycles. The standard InChI is InChI=1S/C11H12N4O2/c1-6-7(2)14-15(8(6)3)11-12-4-9(5-13-11)10(16)17/h4-5H,1-3H3,(H,16,17). The molecule has 88 valence electrons. The molecule has 0 aliphatic heterocycles. The molecule has 2 aromatic rings. The van der Waals surface area contributed by atoms with Gasteiger partial charge in [0.05, 0.1) is 11.3 Å². The van der Waals surface area contributed by atoms with Crippen LogP contribution in [0.3, 0.4) is 0 Å². The largest absolute Gasteiger partial charge is 0.478 e. The Balaban J connectivity index is 2.47. The molecule has 6 nitrogen and oxygen atoms in total. The van der Waals surface area contributed by atoms with Gasteiger partial charge in [-0.2, -0.15) is 5.10 Å². The summed E-state index contributed by atoms with van der Waals surface area (Å²) in [7, 11) is 0. The number of nitrogens with zero attached hydrogens (tertiary/aromatic N) is 4. The maximum absolute atomic E-state index is 10.7. The quantitative estimate of drug-likeness (QED) is 0.843. The highest BCUT2D eigenvalue weighted by Gasteiger charge is 2.11. The number of hydrogen-bond donors (Lipinski definition) is 1. The summed E-state index contributed by atoms with van der Waals surface area (Å²) in [6.45, 7) is 5.80. The number of carboxylic acids is 1. The number of aromatic carboxylic acids is 1. The van der Waals surface area contributed by atoms with Crippen molar-refractivity contribution < 1.29 is 9.90 Å². The van der Waals surface area contributed by atoms with Crippen molar-refractivity contribution in [2.75, 3.05) is 0 Å². The van der Waals surface area contributed by atoms with E-state index in [-0.39, 0.29) is 5.56 Å². The molecular weight excluding hydrogens is 220 g/mol. The van der Waals surface area contributed by atoms with E-state index >= 15 is 0 Å². The first-order chi connectivity index (χ1) is 8.00. The zero-order valence-electron chi connectivity index (χ0n) is 9.80. The Morgan fingerprint density at radius 3 is 2.24 bits per heavy atom. The van der Waals surface area contributed by atoms with Gasteiger partial charge < -0.3 is 5.11 Å². The molecule has 0 amide bonds. The smallest absolute Gasteiger partial charge is 0.338 e. The van der Waals surface area contributed by atoms with E-state index in [1.54, 1.807) is 4.68 Å². The fourth-order valence-corrected chi connectivity index (χ4v) is 1.46. The van der Waals surface area contributed by atoms with E-state index in [0.717, 1.165) is 17.0 Å². The van der Waals surface area contributed by atoms with Crippen molar-refractivity contribution in [3.63, 3.8) is 0 Å². The Kier molecular flexibility index (Phi) is 2.63. The fraction of sp³-hybridized carbons (Fsp3) is 0.273. The van der Waals surface area contributed by atoms with Crippen molar-refractivity contribution in [3.05, 3.63) is 34.9 Å². The highest BCUT2D eigenvalue weighted by molar-refractivity contribution is 5.86. The summed E-state index contributed by atoms with van der Waals surface area (Å²) >= 11 is 0. The second kappa shape index (κ2) is 3.97. The van der Waals surface area contributed by atoms with Gasteiger partial charge in [0.2, 0.25) is 0 Å². The zero-order valence-corrected chi connectivity index (χ0v) is 9.80. The summed E-state index contributed by atoms with van der Waals surface area (Å²) in [5.74, 6) is -0.662. The van der Waals surface area contributed by atoms with Gasteiger partial charge in [0.25, 0.3) is 5.95 Å². The lowest BCUT2D eigenvalue weighted by Crippen LogP contribution is -2.07. The number of hydrogen-bond acceptors (Lipinski definition) is 4. The first kappa shape index (κ1) is 11.3. The Morgan fingerprint density at radius 2 is 1.82 bits per heavy atom. The van der Waals surface area contributed by atoms with Crippen LogP contribution in [0.5, 0.6) is 0 Å². The first-order valence-electron chi connectivity index (χ1n) is 5.09. The Morgan fingerprint density at radius 1 is 1.24 bits per heavy atom. The molecule has 2 rings (SSSR count). The second-order valence-electron chi connectivity index (χ2n) is 3.78. The SMILES string of the molecule is Cc1nn(-c2ncc(C(=O)O)cn2)c(C)c1C. The maximum Gasteiger partial charge on any atom is 0.338 e. The zero-order chi connectivity index (χ0) is 12.6. The van der Waals surface area contributed by atoms with E-state index in [2.05, 4.69) is 15.1 Å². The van der Waals surface area contributed by atoms with Gasteiger partial charge in [0, 0.05) is 18.1 Å². The molecule has 0 aliphatic rings. The van der Waals surface area contributed by atoms with Crippen LogP contribution < -0.4 is 0 Å². The molecule has 0 saturated heterocycles. The molecule has 0 radical (unpaired) electrons. The average Bonchev–Trinajstić information content (AvgIpc) is 2.57. The summed E-state index contributed by atoms with van der Waals surface area (Å²) in [4.78, 5) is 18.7. The minimum atomic E-state index is -1.04. The summed E-state index contributed by atoms with van der Waals surface area (Å²) in [5, 5.41) is 13.0. The molecule has 17 heavy (non-hydrogen) atoms. The molecule has 0 unspecified atom stereocenters. The summed E-state index contributed by atoms with van der Waals surface area (Å²) in [6.07, 6.45) is 2.55. The maximum atomic E-state index is 10.7. The van der Waals surface area contributed by atoms with E-state index in [1.165, 1.54) is 12.4 Å². The Bertz CT molecular complexity index is 572. The number of carboxylic acid groups (broad SMARTS) is 1. The van der Waals surface area contributed by atoms with Gasteiger partial charge >= 0.3 is 5.97 Å². The van der Waals surface area contributed by atoms with Crippen molar-refractivity contribution in [1.29, 1.82) is 0 Å². The van der Waals surface area contributed by atoms with Crippen molar-refractivity contribution in [3.8, 4) is 5.95 Å². The number of rotatable bonds is 2. The molecule has 0 fully saturated rings. The van der Waals surface area contributed by atoms with Crippen LogP contribution >= 0.6 is 0 Å². The molecular formula is C11H12N4O2. The number of carbonyl (C=O) groups is 1. The van der Waals surface area contributed by atoms with Crippen molar-refractivity contribution in [2.45, 2.75) is 20.8 Å². The predicted octanol–water partition coefficient (Wildman–Crippen LogP) is 1.29. The van der Waals surface area contributed by atoms with Gasteiger partial charge in [-0.05, 0) is 26.3 Å². The molecule has 0 aliphatic carbocycles. The van der Waals surface area contributed by atoms with E-state index in [9.17, 15) is 4.79 Å². The molecule has 0 atom stereocenters. The molecule has 0 aromatic carbocycles. The minimum absolute atomic E-state index is 0.0620. The van der Waals surface area contributed by atoms with Crippen LogP contribution in [-0.2, 0) is 0 Å². The van der Waals surface area contributed by atoms with Gasteiger partial charge in [-0.25, -0.2) is 19.4 Å². The van der Waals surface area contributed by atoms with Gasteiger partial charge in [0.1, 0.15) is 0 Å². The summed E-state index contributed by atoms with van der Waals surface area (Å²) < 4.78 is 1.61. The Hall–Kier alpha value is -2.24. The highest BCUT2D eigenvalue weighted by Crippen LogP contribution is 2.13. The monoisotopic (exact) mass is 232 g/mol. The third-order valence-corrected chi connectivity index (χ3v) is 2.73. The highest BCUT2D eigenvalue weighted by atomic mass is 16.4. The van der Waals surface area contributed by atoms with Crippen LogP contribution in [0.4, 0.5) is 0 Å². The number of aryl methyl sites for hydroxylation is 1. The van der Waals surface area contributed by atoms with Crippen LogP contribution in [0.25, 0.3) is 5.95 Å². The normalized spacial score (nSPS) is 10.5. The van der Waals surface area contributed by atoms with Gasteiger partial charge in [-0.3, -0.25) is 0 Å². The molecule has 0 saturated carbocycles. The first-order valence-corrected chi connectivity index (χ1v) is 5.09. The fourth-order valence-electron chi connectivity index (χ4n) is 1.46. The molecule has 1 N–H and O–H groups in total. The topological polar surface area (TPSA) is 80.9 Å². The second-order valence-corrected chi connectivity index (χ2v) is 3.78. The van der Waals surface area contributed by atoms with Crippen LogP contribution in [-0.4, -0.2) is 30.8 Å². The third kappa shape index (κ3) is 1.89. The Labute approximate surface area is 98.0 Å².